The zero-order chi connectivity index (χ0) is 23.2. The monoisotopic (exact) mass is 497 g/mol. The molecule has 1 amide bonds. The van der Waals surface area contributed by atoms with Crippen LogP contribution in [0.5, 0.6) is 0 Å². The molecule has 2 fully saturated rings. The summed E-state index contributed by atoms with van der Waals surface area (Å²) in [6.45, 7) is 4.75. The number of rotatable bonds is 8. The van der Waals surface area contributed by atoms with E-state index in [1.165, 1.54) is 4.90 Å². The summed E-state index contributed by atoms with van der Waals surface area (Å²) >= 11 is 9.46. The molecule has 6 atom stereocenters. The fraction of sp³-hybridized carbons (Fsp3) is 0.545. The molecule has 7 nitrogen and oxygen atoms in total. The molecule has 3 aliphatic heterocycles. The van der Waals surface area contributed by atoms with Gasteiger partial charge in [0.05, 0.1) is 18.1 Å². The number of β-lactam (4-membered cyclic amide) rings is 1. The summed E-state index contributed by atoms with van der Waals surface area (Å²) in [5.74, 6) is -1.10. The predicted octanol–water partition coefficient (Wildman–Crippen LogP) is 2.51. The number of nitrogens with two attached hydrogens (primary N) is 1. The molecule has 10 heteroatoms. The molecular weight excluding hydrogens is 470 g/mol. The highest BCUT2D eigenvalue weighted by Crippen LogP contribution is 2.51. The molecule has 5 N–H and O–H groups in total. The number of fused-ring (bicyclic) bond motifs is 1. The molecule has 174 valence electrons. The van der Waals surface area contributed by atoms with E-state index in [9.17, 15) is 19.8 Å². The smallest absolute Gasteiger partial charge is 0.353 e. The van der Waals surface area contributed by atoms with Gasteiger partial charge < -0.3 is 26.2 Å². The second-order valence-corrected chi connectivity index (χ2v) is 11.5. The van der Waals surface area contributed by atoms with Crippen molar-refractivity contribution in [2.24, 2.45) is 17.6 Å². The molecule has 1 aromatic carbocycles. The number of amides is 1. The standard InChI is InChI=1S/C22H28ClN3O4S2/c1-10-18-17(11(2)27)21(28)26(18)19(22(29)30)20(10)32-15-6-13(25-8-15)9-31-14-3-4-16(23)12(5-14)7-24/h3-5,10-11,13,15,17-18,25,27H,6-9,24H2,1-2H3,(H,29,30)/t10-,11-,13+,15+,17-,18-/m1/s1. The van der Waals surface area contributed by atoms with E-state index < -0.39 is 18.0 Å². The molecule has 0 radical (unpaired) electrons. The number of benzene rings is 1. The number of hydrogen-bond donors (Lipinski definition) is 4. The number of hydrogen-bond acceptors (Lipinski definition) is 7. The van der Waals surface area contributed by atoms with Crippen LogP contribution in [0.1, 0.15) is 25.8 Å². The first-order valence-corrected chi connectivity index (χ1v) is 13.0. The summed E-state index contributed by atoms with van der Waals surface area (Å²) in [7, 11) is 0. The minimum absolute atomic E-state index is 0.0967. The van der Waals surface area contributed by atoms with Crippen LogP contribution in [0.4, 0.5) is 0 Å². The topological polar surface area (TPSA) is 116 Å². The first-order chi connectivity index (χ1) is 15.2. The molecule has 32 heavy (non-hydrogen) atoms. The van der Waals surface area contributed by atoms with Gasteiger partial charge in [0.2, 0.25) is 5.91 Å². The van der Waals surface area contributed by atoms with Crippen LogP contribution in [0.2, 0.25) is 5.02 Å². The lowest BCUT2D eigenvalue weighted by Crippen LogP contribution is -2.63. The normalized spacial score (nSPS) is 30.5. The van der Waals surface area contributed by atoms with Gasteiger partial charge in [0.1, 0.15) is 5.70 Å². The number of carbonyl (C=O) groups is 2. The largest absolute Gasteiger partial charge is 0.477 e. The summed E-state index contributed by atoms with van der Waals surface area (Å²) in [4.78, 5) is 27.7. The highest BCUT2D eigenvalue weighted by molar-refractivity contribution is 8.03. The molecule has 1 aromatic rings. The quantitative estimate of drug-likeness (QED) is 0.320. The van der Waals surface area contributed by atoms with E-state index in [0.29, 0.717) is 17.6 Å². The van der Waals surface area contributed by atoms with Crippen molar-refractivity contribution in [2.45, 2.75) is 55.1 Å². The van der Waals surface area contributed by atoms with Crippen molar-refractivity contribution in [3.8, 4) is 0 Å². The van der Waals surface area contributed by atoms with Crippen LogP contribution in [0, 0.1) is 11.8 Å². The molecule has 0 aliphatic carbocycles. The van der Waals surface area contributed by atoms with Crippen molar-refractivity contribution < 1.29 is 19.8 Å². The van der Waals surface area contributed by atoms with E-state index in [2.05, 4.69) is 5.32 Å². The van der Waals surface area contributed by atoms with Crippen LogP contribution in [0.3, 0.4) is 0 Å². The van der Waals surface area contributed by atoms with Gasteiger partial charge in [0, 0.05) is 50.9 Å². The Labute approximate surface area is 201 Å². The summed E-state index contributed by atoms with van der Waals surface area (Å²) < 4.78 is 0. The van der Waals surface area contributed by atoms with Gasteiger partial charge in [-0.05, 0) is 37.1 Å². The number of aliphatic carboxylic acids is 1. The van der Waals surface area contributed by atoms with Crippen LogP contribution in [-0.2, 0) is 16.1 Å². The van der Waals surface area contributed by atoms with E-state index >= 15 is 0 Å². The highest BCUT2D eigenvalue weighted by atomic mass is 35.5. The second-order valence-electron chi connectivity index (χ2n) is 8.62. The van der Waals surface area contributed by atoms with Crippen molar-refractivity contribution >= 4 is 47.0 Å². The van der Waals surface area contributed by atoms with E-state index in [0.717, 1.165) is 34.1 Å². The Bertz CT molecular complexity index is 957. The van der Waals surface area contributed by atoms with Crippen molar-refractivity contribution in [1.82, 2.24) is 10.2 Å². The fourth-order valence-electron chi connectivity index (χ4n) is 4.85. The lowest BCUT2D eigenvalue weighted by Gasteiger charge is -2.46. The zero-order valence-electron chi connectivity index (χ0n) is 18.0. The molecule has 0 bridgehead atoms. The van der Waals surface area contributed by atoms with Crippen molar-refractivity contribution in [2.75, 3.05) is 12.3 Å². The van der Waals surface area contributed by atoms with E-state index in [-0.39, 0.29) is 28.8 Å². The third-order valence-electron chi connectivity index (χ3n) is 6.47. The van der Waals surface area contributed by atoms with Crippen molar-refractivity contribution in [3.63, 3.8) is 0 Å². The molecule has 4 rings (SSSR count). The maximum absolute atomic E-state index is 12.5. The Morgan fingerprint density at radius 2 is 2.19 bits per heavy atom. The number of nitrogens with zero attached hydrogens (tertiary/aromatic N) is 1. The number of carboxylic acid groups (broad SMARTS) is 1. The summed E-state index contributed by atoms with van der Waals surface area (Å²) in [6.07, 6.45) is 0.129. The van der Waals surface area contributed by atoms with Crippen LogP contribution >= 0.6 is 35.1 Å². The first kappa shape index (κ1) is 23.9. The molecule has 2 saturated heterocycles. The second kappa shape index (κ2) is 9.56. The number of nitrogens with one attached hydrogen (secondary N) is 1. The number of carbonyl (C=O) groups excluding carboxylic acids is 1. The summed E-state index contributed by atoms with van der Waals surface area (Å²) in [6, 6.07) is 5.94. The van der Waals surface area contributed by atoms with Crippen molar-refractivity contribution in [1.29, 1.82) is 0 Å². The van der Waals surface area contributed by atoms with Gasteiger partial charge >= 0.3 is 5.97 Å². The number of halogens is 1. The summed E-state index contributed by atoms with van der Waals surface area (Å²) in [5, 5.41) is 24.2. The Kier molecular flexibility index (Phi) is 7.14. The molecule has 0 saturated carbocycles. The van der Waals surface area contributed by atoms with E-state index in [1.54, 1.807) is 30.4 Å². The minimum Gasteiger partial charge on any atom is -0.477 e. The molecule has 3 heterocycles. The number of aliphatic hydroxyl groups is 1. The van der Waals surface area contributed by atoms with E-state index in [4.69, 9.17) is 17.3 Å². The number of aliphatic hydroxyl groups excluding tert-OH is 1. The van der Waals surface area contributed by atoms with Gasteiger partial charge in [-0.2, -0.15) is 0 Å². The lowest BCUT2D eigenvalue weighted by molar-refractivity contribution is -0.163. The van der Waals surface area contributed by atoms with Crippen LogP contribution < -0.4 is 11.1 Å². The van der Waals surface area contributed by atoms with Gasteiger partial charge in [-0.25, -0.2) is 4.79 Å². The SMILES string of the molecule is C[C@@H](O)[C@H]1C(=O)N2C(C(=O)O)=C(S[C@@H]3CN[C@H](CSc4ccc(Cl)c(CN)c4)C3)[C@H](C)[C@H]12. The minimum atomic E-state index is -1.07. The van der Waals surface area contributed by atoms with Gasteiger partial charge in [0.25, 0.3) is 0 Å². The maximum Gasteiger partial charge on any atom is 0.353 e. The van der Waals surface area contributed by atoms with E-state index in [1.807, 2.05) is 25.1 Å². The van der Waals surface area contributed by atoms with Gasteiger partial charge in [-0.15, -0.1) is 23.5 Å². The fourth-order valence-corrected chi connectivity index (χ4v) is 7.60. The van der Waals surface area contributed by atoms with Gasteiger partial charge in [0.15, 0.2) is 0 Å². The predicted molar refractivity (Wildman–Crippen MR) is 127 cm³/mol. The number of thioether (sulfide) groups is 2. The van der Waals surface area contributed by atoms with Gasteiger partial charge in [-0.3, -0.25) is 4.79 Å². The molecule has 0 spiro atoms. The average Bonchev–Trinajstić information content (AvgIpc) is 3.28. The highest BCUT2D eigenvalue weighted by Gasteiger charge is 2.60. The maximum atomic E-state index is 12.5. The lowest BCUT2D eigenvalue weighted by atomic mass is 9.79. The summed E-state index contributed by atoms with van der Waals surface area (Å²) in [5.41, 5.74) is 6.77. The van der Waals surface area contributed by atoms with Crippen molar-refractivity contribution in [3.05, 3.63) is 39.4 Å². The molecule has 0 aromatic heterocycles. The third-order valence-corrected chi connectivity index (χ3v) is 9.51. The third kappa shape index (κ3) is 4.31. The molecule has 0 unspecified atom stereocenters. The zero-order valence-corrected chi connectivity index (χ0v) is 20.3. The Morgan fingerprint density at radius 1 is 1.44 bits per heavy atom. The Balaban J connectivity index is 1.39. The van der Waals surface area contributed by atoms with Crippen LogP contribution in [0.25, 0.3) is 0 Å². The Morgan fingerprint density at radius 3 is 2.84 bits per heavy atom. The first-order valence-electron chi connectivity index (χ1n) is 10.7. The van der Waals surface area contributed by atoms with Crippen LogP contribution in [0.15, 0.2) is 33.7 Å². The van der Waals surface area contributed by atoms with Gasteiger partial charge in [-0.1, -0.05) is 18.5 Å². The molecule has 3 aliphatic rings. The molecular formula is C22H28ClN3O4S2. The number of carboxylic acids is 1. The average molecular weight is 498 g/mol. The van der Waals surface area contributed by atoms with Crippen LogP contribution in [-0.4, -0.2) is 62.7 Å². The Hall–Kier alpha value is -1.23.